The molecular formula is C16H31N3O2. The number of carbonyl (C=O) groups is 1. The summed E-state index contributed by atoms with van der Waals surface area (Å²) in [7, 11) is 3.66. The van der Waals surface area contributed by atoms with Crippen molar-refractivity contribution in [3.05, 3.63) is 0 Å². The van der Waals surface area contributed by atoms with E-state index in [0.717, 1.165) is 26.1 Å². The molecule has 5 heteroatoms. The zero-order valence-corrected chi connectivity index (χ0v) is 14.2. The van der Waals surface area contributed by atoms with Crippen LogP contribution in [0.25, 0.3) is 0 Å². The van der Waals surface area contributed by atoms with Gasteiger partial charge in [0, 0.05) is 37.8 Å². The predicted molar refractivity (Wildman–Crippen MR) is 84.3 cm³/mol. The lowest BCUT2D eigenvalue weighted by Crippen LogP contribution is -2.58. The van der Waals surface area contributed by atoms with Crippen molar-refractivity contribution < 1.29 is 9.53 Å². The molecular weight excluding hydrogens is 266 g/mol. The zero-order valence-electron chi connectivity index (χ0n) is 14.2. The molecule has 1 saturated heterocycles. The number of hydrogen-bond donors (Lipinski definition) is 1. The Morgan fingerprint density at radius 3 is 2.62 bits per heavy atom. The van der Waals surface area contributed by atoms with Crippen LogP contribution in [0.5, 0.6) is 0 Å². The van der Waals surface area contributed by atoms with Crippen LogP contribution in [0.4, 0.5) is 0 Å². The molecule has 0 amide bonds. The molecule has 0 radical (unpaired) electrons. The first-order valence-corrected chi connectivity index (χ1v) is 8.16. The summed E-state index contributed by atoms with van der Waals surface area (Å²) in [5.41, 5.74) is -0.568. The van der Waals surface area contributed by atoms with Crippen LogP contribution in [0.15, 0.2) is 0 Å². The van der Waals surface area contributed by atoms with Gasteiger partial charge in [0.05, 0.1) is 7.11 Å². The Kier molecular flexibility index (Phi) is 5.28. The number of esters is 1. The highest BCUT2D eigenvalue weighted by Gasteiger charge is 2.41. The minimum Gasteiger partial charge on any atom is -0.468 e. The molecule has 0 aromatic heterocycles. The van der Waals surface area contributed by atoms with Crippen LogP contribution in [0.1, 0.15) is 40.0 Å². The number of nitrogens with one attached hydrogen (secondary N) is 1. The lowest BCUT2D eigenvalue weighted by atomic mass is 9.92. The largest absolute Gasteiger partial charge is 0.468 e. The predicted octanol–water partition coefficient (Wildman–Crippen LogP) is 1.08. The van der Waals surface area contributed by atoms with Gasteiger partial charge in [0.25, 0.3) is 0 Å². The van der Waals surface area contributed by atoms with Crippen molar-refractivity contribution in [2.75, 3.05) is 33.8 Å². The van der Waals surface area contributed by atoms with Crippen molar-refractivity contribution in [3.8, 4) is 0 Å². The van der Waals surface area contributed by atoms with E-state index in [1.165, 1.54) is 20.0 Å². The van der Waals surface area contributed by atoms with Crippen molar-refractivity contribution in [2.45, 2.75) is 63.7 Å². The van der Waals surface area contributed by atoms with Gasteiger partial charge in [-0.15, -0.1) is 0 Å². The van der Waals surface area contributed by atoms with E-state index in [9.17, 15) is 4.79 Å². The number of rotatable bonds is 6. The minimum atomic E-state index is -0.568. The van der Waals surface area contributed by atoms with Crippen molar-refractivity contribution >= 4 is 5.97 Å². The third kappa shape index (κ3) is 4.18. The molecule has 3 atom stereocenters. The summed E-state index contributed by atoms with van der Waals surface area (Å²) < 4.78 is 5.04. The average molecular weight is 297 g/mol. The summed E-state index contributed by atoms with van der Waals surface area (Å²) in [6.07, 6.45) is 3.14. The fraction of sp³-hybridized carbons (Fsp3) is 0.938. The Morgan fingerprint density at radius 2 is 2.10 bits per heavy atom. The molecule has 1 aliphatic heterocycles. The Balaban J connectivity index is 1.96. The van der Waals surface area contributed by atoms with Gasteiger partial charge in [0.1, 0.15) is 5.54 Å². The van der Waals surface area contributed by atoms with Crippen LogP contribution in [0, 0.1) is 0 Å². The van der Waals surface area contributed by atoms with Gasteiger partial charge >= 0.3 is 5.97 Å². The van der Waals surface area contributed by atoms with Crippen molar-refractivity contribution in [2.24, 2.45) is 0 Å². The van der Waals surface area contributed by atoms with Crippen LogP contribution in [0.3, 0.4) is 0 Å². The maximum atomic E-state index is 12.2. The summed E-state index contributed by atoms with van der Waals surface area (Å²) >= 11 is 0. The van der Waals surface area contributed by atoms with E-state index in [1.54, 1.807) is 0 Å². The van der Waals surface area contributed by atoms with Crippen LogP contribution in [-0.2, 0) is 9.53 Å². The monoisotopic (exact) mass is 297 g/mol. The van der Waals surface area contributed by atoms with E-state index < -0.39 is 5.54 Å². The van der Waals surface area contributed by atoms with Gasteiger partial charge in [-0.3, -0.25) is 15.0 Å². The molecule has 0 bridgehead atoms. The highest BCUT2D eigenvalue weighted by Crippen LogP contribution is 2.27. The van der Waals surface area contributed by atoms with Gasteiger partial charge in [-0.2, -0.15) is 0 Å². The first-order valence-electron chi connectivity index (χ1n) is 8.16. The minimum absolute atomic E-state index is 0.136. The van der Waals surface area contributed by atoms with E-state index in [2.05, 4.69) is 36.0 Å². The highest BCUT2D eigenvalue weighted by molar-refractivity contribution is 5.80. The second-order valence-corrected chi connectivity index (χ2v) is 7.12. The number of ether oxygens (including phenoxy) is 1. The second kappa shape index (κ2) is 6.63. The van der Waals surface area contributed by atoms with E-state index in [4.69, 9.17) is 4.74 Å². The Hall–Kier alpha value is -0.650. The molecule has 21 heavy (non-hydrogen) atoms. The van der Waals surface area contributed by atoms with Crippen LogP contribution in [0.2, 0.25) is 0 Å². The molecule has 3 unspecified atom stereocenters. The summed E-state index contributed by atoms with van der Waals surface area (Å²) in [5, 5.41) is 3.50. The van der Waals surface area contributed by atoms with E-state index in [0.29, 0.717) is 18.1 Å². The molecule has 122 valence electrons. The third-order valence-corrected chi connectivity index (χ3v) is 5.05. The zero-order chi connectivity index (χ0) is 15.6. The number of hydrogen-bond acceptors (Lipinski definition) is 5. The normalized spacial score (nSPS) is 28.9. The first kappa shape index (κ1) is 16.7. The SMILES string of the molecule is COC(=O)C(C)(CC(C)N1CCN(C)C(C)C1)NC1CC1. The second-order valence-electron chi connectivity index (χ2n) is 7.12. The third-order valence-electron chi connectivity index (χ3n) is 5.05. The van der Waals surface area contributed by atoms with Gasteiger partial charge in [-0.1, -0.05) is 0 Å². The average Bonchev–Trinajstić information content (AvgIpc) is 3.24. The van der Waals surface area contributed by atoms with Gasteiger partial charge in [0.2, 0.25) is 0 Å². The van der Waals surface area contributed by atoms with E-state index in [1.807, 2.05) is 6.92 Å². The number of methoxy groups -OCH3 is 1. The van der Waals surface area contributed by atoms with Crippen LogP contribution in [-0.4, -0.2) is 73.2 Å². The molecule has 0 spiro atoms. The fourth-order valence-corrected chi connectivity index (χ4v) is 3.30. The number of piperazine rings is 1. The van der Waals surface area contributed by atoms with Gasteiger partial charge in [0.15, 0.2) is 0 Å². The molecule has 1 saturated carbocycles. The summed E-state index contributed by atoms with van der Waals surface area (Å²) in [6.45, 7) is 9.72. The summed E-state index contributed by atoms with van der Waals surface area (Å²) in [4.78, 5) is 17.1. The van der Waals surface area contributed by atoms with Crippen LogP contribution >= 0.6 is 0 Å². The van der Waals surface area contributed by atoms with Gasteiger partial charge in [-0.25, -0.2) is 0 Å². The summed E-state index contributed by atoms with van der Waals surface area (Å²) in [5.74, 6) is -0.136. The Morgan fingerprint density at radius 1 is 1.43 bits per heavy atom. The van der Waals surface area contributed by atoms with Gasteiger partial charge < -0.3 is 9.64 Å². The molecule has 2 fully saturated rings. The van der Waals surface area contributed by atoms with Crippen molar-refractivity contribution in [1.82, 2.24) is 15.1 Å². The molecule has 0 aromatic rings. The smallest absolute Gasteiger partial charge is 0.325 e. The summed E-state index contributed by atoms with van der Waals surface area (Å²) in [6, 6.07) is 1.44. The van der Waals surface area contributed by atoms with Crippen molar-refractivity contribution in [3.63, 3.8) is 0 Å². The molecule has 2 aliphatic rings. The number of likely N-dealkylation sites (N-methyl/N-ethyl adjacent to an activating group) is 1. The maximum Gasteiger partial charge on any atom is 0.325 e. The quantitative estimate of drug-likeness (QED) is 0.744. The highest BCUT2D eigenvalue weighted by atomic mass is 16.5. The van der Waals surface area contributed by atoms with E-state index >= 15 is 0 Å². The lowest BCUT2D eigenvalue weighted by Gasteiger charge is -2.43. The number of nitrogens with zero attached hydrogens (tertiary/aromatic N) is 2. The van der Waals surface area contributed by atoms with E-state index in [-0.39, 0.29) is 5.97 Å². The molecule has 0 aromatic carbocycles. The van der Waals surface area contributed by atoms with Crippen LogP contribution < -0.4 is 5.32 Å². The Labute approximate surface area is 129 Å². The molecule has 1 aliphatic carbocycles. The topological polar surface area (TPSA) is 44.8 Å². The molecule has 1 heterocycles. The van der Waals surface area contributed by atoms with Crippen molar-refractivity contribution in [1.29, 1.82) is 0 Å². The maximum absolute atomic E-state index is 12.2. The first-order chi connectivity index (χ1) is 9.85. The molecule has 5 nitrogen and oxygen atoms in total. The lowest BCUT2D eigenvalue weighted by molar-refractivity contribution is -0.149. The fourth-order valence-electron chi connectivity index (χ4n) is 3.30. The van der Waals surface area contributed by atoms with Gasteiger partial charge in [-0.05, 0) is 47.1 Å². The number of carbonyl (C=O) groups excluding carboxylic acids is 1. The Bertz CT molecular complexity index is 373. The molecule has 2 rings (SSSR count). The molecule has 1 N–H and O–H groups in total. The standard InChI is InChI=1S/C16H31N3O2/c1-12(19-9-8-18(4)13(2)11-19)10-16(3,15(20)21-5)17-14-6-7-14/h12-14,17H,6-11H2,1-5H3.